The number of carbonyl (C=O) groups is 5. The van der Waals surface area contributed by atoms with Crippen molar-refractivity contribution in [2.75, 3.05) is 12.3 Å². The molecular formula is C20H38N8O6S. The summed E-state index contributed by atoms with van der Waals surface area (Å²) in [4.78, 5) is 64.5. The van der Waals surface area contributed by atoms with Crippen LogP contribution in [0.25, 0.3) is 0 Å². The van der Waals surface area contributed by atoms with Crippen molar-refractivity contribution < 1.29 is 29.1 Å². The Morgan fingerprint density at radius 1 is 0.914 bits per heavy atom. The Balaban J connectivity index is 5.36. The van der Waals surface area contributed by atoms with Crippen molar-refractivity contribution >= 4 is 48.2 Å². The van der Waals surface area contributed by atoms with Crippen LogP contribution in [0.5, 0.6) is 0 Å². The van der Waals surface area contributed by atoms with Crippen LogP contribution >= 0.6 is 12.6 Å². The van der Waals surface area contributed by atoms with Gasteiger partial charge in [0.2, 0.25) is 23.6 Å². The van der Waals surface area contributed by atoms with Crippen LogP contribution in [0.4, 0.5) is 0 Å². The molecule has 0 aliphatic rings. The van der Waals surface area contributed by atoms with Crippen LogP contribution in [0.3, 0.4) is 0 Å². The zero-order valence-electron chi connectivity index (χ0n) is 20.0. The molecule has 0 bridgehead atoms. The molecule has 0 aromatic carbocycles. The Bertz CT molecular complexity index is 777. The van der Waals surface area contributed by atoms with E-state index in [1.54, 1.807) is 6.92 Å². The summed E-state index contributed by atoms with van der Waals surface area (Å²) in [6.07, 6.45) is 0.484. The van der Waals surface area contributed by atoms with Crippen molar-refractivity contribution in [2.45, 2.75) is 70.1 Å². The van der Waals surface area contributed by atoms with E-state index in [-0.39, 0.29) is 49.9 Å². The van der Waals surface area contributed by atoms with Gasteiger partial charge in [-0.25, -0.2) is 4.79 Å². The molecule has 0 aromatic heterocycles. The fourth-order valence-corrected chi connectivity index (χ4v) is 3.09. The zero-order chi connectivity index (χ0) is 27.1. The van der Waals surface area contributed by atoms with Gasteiger partial charge in [-0.1, -0.05) is 20.3 Å². The minimum absolute atomic E-state index is 0.0111. The van der Waals surface area contributed by atoms with E-state index in [0.29, 0.717) is 6.42 Å². The van der Waals surface area contributed by atoms with Crippen LogP contribution in [0.2, 0.25) is 0 Å². The van der Waals surface area contributed by atoms with Gasteiger partial charge in [0.05, 0.1) is 6.04 Å². The number of aliphatic carboxylic acids is 1. The van der Waals surface area contributed by atoms with Crippen molar-refractivity contribution in [2.24, 2.45) is 33.8 Å². The van der Waals surface area contributed by atoms with Gasteiger partial charge in [0, 0.05) is 18.7 Å². The Kier molecular flexibility index (Phi) is 15.1. The summed E-state index contributed by atoms with van der Waals surface area (Å²) >= 11 is 4.08. The summed E-state index contributed by atoms with van der Waals surface area (Å²) in [6.45, 7) is 3.82. The van der Waals surface area contributed by atoms with Gasteiger partial charge in [-0.2, -0.15) is 12.6 Å². The number of nitrogens with zero attached hydrogens (tertiary/aromatic N) is 1. The highest BCUT2D eigenvalue weighted by atomic mass is 32.1. The standard InChI is InChI=1S/C20H38N8O6S/c1-3-10(2)15(22)18(32)28-13(9-35)17(31)26-11(6-7-14(21)29)16(30)27-12(19(33)34)5-4-8-25-20(23)24/h10-13,15,35H,3-9,22H2,1-2H3,(H2,21,29)(H,26,31)(H,27,30)(H,28,32)(H,33,34)(H4,23,24,25). The number of rotatable bonds is 17. The minimum Gasteiger partial charge on any atom is -0.480 e. The molecule has 200 valence electrons. The number of nitrogens with two attached hydrogens (primary N) is 4. The number of guanidine groups is 1. The normalized spacial score (nSPS) is 15.0. The average molecular weight is 519 g/mol. The number of nitrogens with one attached hydrogen (secondary N) is 3. The molecule has 5 unspecified atom stereocenters. The number of hydrogen-bond donors (Lipinski definition) is 9. The van der Waals surface area contributed by atoms with Crippen LogP contribution in [-0.2, 0) is 24.0 Å². The van der Waals surface area contributed by atoms with Crippen LogP contribution in [0.15, 0.2) is 4.99 Å². The monoisotopic (exact) mass is 518 g/mol. The number of amides is 4. The molecular weight excluding hydrogens is 480 g/mol. The molecule has 0 saturated carbocycles. The van der Waals surface area contributed by atoms with E-state index in [1.165, 1.54) is 0 Å². The molecule has 35 heavy (non-hydrogen) atoms. The summed E-state index contributed by atoms with van der Waals surface area (Å²) in [5, 5.41) is 16.7. The van der Waals surface area contributed by atoms with Gasteiger partial charge in [0.15, 0.2) is 5.96 Å². The first kappa shape index (κ1) is 31.9. The van der Waals surface area contributed by atoms with Crippen molar-refractivity contribution in [3.8, 4) is 0 Å². The van der Waals surface area contributed by atoms with E-state index < -0.39 is 53.8 Å². The molecule has 0 saturated heterocycles. The maximum atomic E-state index is 12.8. The fraction of sp³-hybridized carbons (Fsp3) is 0.700. The van der Waals surface area contributed by atoms with Gasteiger partial charge >= 0.3 is 5.97 Å². The lowest BCUT2D eigenvalue weighted by Gasteiger charge is -2.25. The van der Waals surface area contributed by atoms with Crippen molar-refractivity contribution in [3.05, 3.63) is 0 Å². The third-order valence-corrected chi connectivity index (χ3v) is 5.61. The number of primary amides is 1. The van der Waals surface area contributed by atoms with E-state index in [2.05, 4.69) is 33.6 Å². The van der Waals surface area contributed by atoms with Crippen LogP contribution in [0.1, 0.15) is 46.0 Å². The lowest BCUT2D eigenvalue weighted by molar-refractivity contribution is -0.142. The van der Waals surface area contributed by atoms with Gasteiger partial charge in [0.1, 0.15) is 18.1 Å². The molecule has 4 amide bonds. The molecule has 12 N–H and O–H groups in total. The second-order valence-electron chi connectivity index (χ2n) is 8.07. The van der Waals surface area contributed by atoms with Crippen molar-refractivity contribution in [1.29, 1.82) is 0 Å². The smallest absolute Gasteiger partial charge is 0.326 e. The van der Waals surface area contributed by atoms with E-state index in [0.717, 1.165) is 0 Å². The predicted molar refractivity (Wildman–Crippen MR) is 133 cm³/mol. The number of aliphatic imine (C=N–C) groups is 1. The second kappa shape index (κ2) is 16.5. The van der Waals surface area contributed by atoms with Crippen molar-refractivity contribution in [1.82, 2.24) is 16.0 Å². The molecule has 0 spiro atoms. The number of thiol groups is 1. The highest BCUT2D eigenvalue weighted by Crippen LogP contribution is 2.07. The number of carboxylic acids is 1. The van der Waals surface area contributed by atoms with Gasteiger partial charge in [-0.05, 0) is 25.2 Å². The van der Waals surface area contributed by atoms with Gasteiger partial charge in [0.25, 0.3) is 0 Å². The lowest BCUT2D eigenvalue weighted by Crippen LogP contribution is -2.58. The molecule has 0 rings (SSSR count). The highest BCUT2D eigenvalue weighted by molar-refractivity contribution is 7.80. The quantitative estimate of drug-likeness (QED) is 0.0414. The molecule has 5 atom stereocenters. The molecule has 0 aromatic rings. The summed E-state index contributed by atoms with van der Waals surface area (Å²) in [7, 11) is 0. The van der Waals surface area contributed by atoms with Gasteiger partial charge in [-0.3, -0.25) is 24.2 Å². The number of hydrogen-bond acceptors (Lipinski definition) is 8. The molecule has 0 heterocycles. The summed E-state index contributed by atoms with van der Waals surface area (Å²) in [5.74, 6) is -4.55. The number of carbonyl (C=O) groups excluding carboxylic acids is 4. The molecule has 0 radical (unpaired) electrons. The Labute approximate surface area is 209 Å². The molecule has 0 aliphatic carbocycles. The first-order valence-electron chi connectivity index (χ1n) is 11.2. The predicted octanol–water partition coefficient (Wildman–Crippen LogP) is -2.85. The van der Waals surface area contributed by atoms with Crippen LogP contribution in [-0.4, -0.2) is 77.1 Å². The Morgan fingerprint density at radius 3 is 1.94 bits per heavy atom. The minimum atomic E-state index is -1.30. The van der Waals surface area contributed by atoms with E-state index in [9.17, 15) is 29.1 Å². The lowest BCUT2D eigenvalue weighted by atomic mass is 9.99. The topological polar surface area (TPSA) is 258 Å². The van der Waals surface area contributed by atoms with Crippen molar-refractivity contribution in [3.63, 3.8) is 0 Å². The Hall–Kier alpha value is -3.07. The van der Waals surface area contributed by atoms with E-state index >= 15 is 0 Å². The molecule has 14 nitrogen and oxygen atoms in total. The number of carboxylic acid groups (broad SMARTS) is 1. The fourth-order valence-electron chi connectivity index (χ4n) is 2.84. The molecule has 15 heteroatoms. The van der Waals surface area contributed by atoms with Gasteiger partial charge < -0.3 is 44.0 Å². The Morgan fingerprint density at radius 2 is 1.46 bits per heavy atom. The first-order valence-corrected chi connectivity index (χ1v) is 11.8. The summed E-state index contributed by atoms with van der Waals surface area (Å²) in [5.41, 5.74) is 21.5. The first-order chi connectivity index (χ1) is 16.3. The van der Waals surface area contributed by atoms with Gasteiger partial charge in [-0.15, -0.1) is 0 Å². The van der Waals surface area contributed by atoms with E-state index in [1.807, 2.05) is 6.92 Å². The molecule has 0 fully saturated rings. The third-order valence-electron chi connectivity index (χ3n) is 5.25. The molecule has 0 aliphatic heterocycles. The maximum absolute atomic E-state index is 12.8. The average Bonchev–Trinajstić information content (AvgIpc) is 2.79. The zero-order valence-corrected chi connectivity index (χ0v) is 20.9. The SMILES string of the molecule is CCC(C)C(N)C(=O)NC(CS)C(=O)NC(CCC(N)=O)C(=O)NC(CCCN=C(N)N)C(=O)O. The maximum Gasteiger partial charge on any atom is 0.326 e. The highest BCUT2D eigenvalue weighted by Gasteiger charge is 2.30. The largest absolute Gasteiger partial charge is 0.480 e. The van der Waals surface area contributed by atoms with E-state index in [4.69, 9.17) is 22.9 Å². The van der Waals surface area contributed by atoms with Crippen LogP contribution in [0, 0.1) is 5.92 Å². The summed E-state index contributed by atoms with van der Waals surface area (Å²) < 4.78 is 0. The van der Waals surface area contributed by atoms with Crippen LogP contribution < -0.4 is 38.9 Å². The second-order valence-corrected chi connectivity index (χ2v) is 8.43. The third kappa shape index (κ3) is 12.8. The summed E-state index contributed by atoms with van der Waals surface area (Å²) in [6, 6.07) is -4.56.